The standard InChI is InChI=1S/C15H12ClNS.ClH/c16-12-7-3-2-6-11(12)15(17)14-9-10-5-1-4-8-13(10)18-14;/h1-9,15H,17H2;1H. The number of halogens is 2. The molecule has 4 heteroatoms. The van der Waals surface area contributed by atoms with Gasteiger partial charge in [0.25, 0.3) is 0 Å². The Morgan fingerprint density at radius 1 is 1.00 bits per heavy atom. The summed E-state index contributed by atoms with van der Waals surface area (Å²) in [6, 6.07) is 18.0. The van der Waals surface area contributed by atoms with E-state index in [-0.39, 0.29) is 18.4 Å². The smallest absolute Gasteiger partial charge is 0.0661 e. The second-order valence-corrected chi connectivity index (χ2v) is 5.71. The van der Waals surface area contributed by atoms with Gasteiger partial charge in [-0.15, -0.1) is 23.7 Å². The summed E-state index contributed by atoms with van der Waals surface area (Å²) in [4.78, 5) is 1.14. The van der Waals surface area contributed by atoms with Gasteiger partial charge in [-0.2, -0.15) is 0 Å². The Kier molecular flexibility index (Phi) is 4.48. The molecule has 1 unspecified atom stereocenters. The predicted molar refractivity (Wildman–Crippen MR) is 86.6 cm³/mol. The molecule has 0 spiro atoms. The van der Waals surface area contributed by atoms with E-state index in [2.05, 4.69) is 18.2 Å². The highest BCUT2D eigenvalue weighted by Gasteiger charge is 2.14. The van der Waals surface area contributed by atoms with Gasteiger partial charge in [0.1, 0.15) is 0 Å². The molecular formula is C15H13Cl2NS. The maximum absolute atomic E-state index is 6.31. The van der Waals surface area contributed by atoms with Crippen molar-refractivity contribution in [1.29, 1.82) is 0 Å². The molecule has 1 heterocycles. The zero-order chi connectivity index (χ0) is 12.5. The summed E-state index contributed by atoms with van der Waals surface area (Å²) in [5.74, 6) is 0. The van der Waals surface area contributed by atoms with Crippen molar-refractivity contribution in [2.75, 3.05) is 0 Å². The lowest BCUT2D eigenvalue weighted by molar-refractivity contribution is 0.894. The molecule has 0 saturated carbocycles. The minimum atomic E-state index is -0.156. The van der Waals surface area contributed by atoms with Gasteiger partial charge in [-0.1, -0.05) is 48.0 Å². The average molecular weight is 310 g/mol. The minimum Gasteiger partial charge on any atom is -0.320 e. The Hall–Kier alpha value is -1.06. The first-order valence-corrected chi connectivity index (χ1v) is 6.93. The number of rotatable bonds is 2. The fourth-order valence-electron chi connectivity index (χ4n) is 2.04. The lowest BCUT2D eigenvalue weighted by atomic mass is 10.1. The molecule has 1 nitrogen and oxygen atoms in total. The van der Waals surface area contributed by atoms with Crippen LogP contribution in [-0.4, -0.2) is 0 Å². The fraction of sp³-hybridized carbons (Fsp3) is 0.0667. The average Bonchev–Trinajstić information content (AvgIpc) is 2.82. The van der Waals surface area contributed by atoms with E-state index in [9.17, 15) is 0 Å². The molecule has 0 aliphatic rings. The van der Waals surface area contributed by atoms with Crippen LogP contribution in [0.5, 0.6) is 0 Å². The molecule has 0 aliphatic heterocycles. The summed E-state index contributed by atoms with van der Waals surface area (Å²) >= 11 is 7.92. The largest absolute Gasteiger partial charge is 0.320 e. The van der Waals surface area contributed by atoms with Crippen LogP contribution in [0, 0.1) is 0 Å². The quantitative estimate of drug-likeness (QED) is 0.706. The zero-order valence-electron chi connectivity index (χ0n) is 10.0. The van der Waals surface area contributed by atoms with Gasteiger partial charge in [-0.25, -0.2) is 0 Å². The number of hydrogen-bond acceptors (Lipinski definition) is 2. The van der Waals surface area contributed by atoms with Gasteiger partial charge < -0.3 is 5.73 Å². The van der Waals surface area contributed by atoms with Gasteiger partial charge >= 0.3 is 0 Å². The van der Waals surface area contributed by atoms with Crippen molar-refractivity contribution in [3.63, 3.8) is 0 Å². The molecule has 2 N–H and O–H groups in total. The second kappa shape index (κ2) is 5.93. The van der Waals surface area contributed by atoms with E-state index in [0.29, 0.717) is 0 Å². The highest BCUT2D eigenvalue weighted by atomic mass is 35.5. The van der Waals surface area contributed by atoms with Crippen molar-refractivity contribution in [2.24, 2.45) is 5.73 Å². The van der Waals surface area contributed by atoms with Gasteiger partial charge in [-0.05, 0) is 29.1 Å². The van der Waals surface area contributed by atoms with Gasteiger partial charge in [0.05, 0.1) is 6.04 Å². The summed E-state index contributed by atoms with van der Waals surface area (Å²) in [6.45, 7) is 0. The predicted octanol–water partition coefficient (Wildman–Crippen LogP) is 5.02. The van der Waals surface area contributed by atoms with Gasteiger partial charge in [0, 0.05) is 14.6 Å². The summed E-state index contributed by atoms with van der Waals surface area (Å²) in [7, 11) is 0. The Balaban J connectivity index is 0.00000133. The van der Waals surface area contributed by atoms with Crippen LogP contribution in [0.2, 0.25) is 5.02 Å². The number of thiophene rings is 1. The molecule has 1 atom stereocenters. The first-order chi connectivity index (χ1) is 8.75. The number of benzene rings is 2. The maximum Gasteiger partial charge on any atom is 0.0661 e. The Labute approximate surface area is 127 Å². The summed E-state index contributed by atoms with van der Waals surface area (Å²) in [6.07, 6.45) is 0. The molecule has 98 valence electrons. The molecule has 0 aliphatic carbocycles. The number of nitrogens with two attached hydrogens (primary N) is 1. The van der Waals surface area contributed by atoms with Crippen molar-refractivity contribution in [3.05, 3.63) is 70.1 Å². The summed E-state index contributed by atoms with van der Waals surface area (Å²) in [5, 5.41) is 1.96. The Morgan fingerprint density at radius 2 is 1.68 bits per heavy atom. The summed E-state index contributed by atoms with van der Waals surface area (Å²) in [5.41, 5.74) is 7.28. The fourth-order valence-corrected chi connectivity index (χ4v) is 3.37. The molecule has 3 aromatic rings. The molecular weight excluding hydrogens is 297 g/mol. The molecule has 0 saturated heterocycles. The van der Waals surface area contributed by atoms with E-state index < -0.39 is 0 Å². The molecule has 19 heavy (non-hydrogen) atoms. The van der Waals surface area contributed by atoms with Gasteiger partial charge in [0.15, 0.2) is 0 Å². The van der Waals surface area contributed by atoms with Crippen LogP contribution in [0.4, 0.5) is 0 Å². The van der Waals surface area contributed by atoms with Crippen molar-refractivity contribution in [1.82, 2.24) is 0 Å². The van der Waals surface area contributed by atoms with Crippen LogP contribution in [0.3, 0.4) is 0 Å². The molecule has 3 rings (SSSR count). The molecule has 2 aromatic carbocycles. The van der Waals surface area contributed by atoms with Crippen molar-refractivity contribution in [2.45, 2.75) is 6.04 Å². The van der Waals surface area contributed by atoms with Gasteiger partial charge in [-0.3, -0.25) is 0 Å². The van der Waals surface area contributed by atoms with Crippen LogP contribution in [-0.2, 0) is 0 Å². The SMILES string of the molecule is Cl.NC(c1cc2ccccc2s1)c1ccccc1Cl. The lowest BCUT2D eigenvalue weighted by Gasteiger charge is -2.11. The zero-order valence-corrected chi connectivity index (χ0v) is 12.4. The van der Waals surface area contributed by atoms with Crippen LogP contribution in [0.1, 0.15) is 16.5 Å². The van der Waals surface area contributed by atoms with Gasteiger partial charge in [0.2, 0.25) is 0 Å². The normalized spacial score (nSPS) is 12.1. The highest BCUT2D eigenvalue weighted by Crippen LogP contribution is 2.33. The van der Waals surface area contributed by atoms with Crippen molar-refractivity contribution >= 4 is 45.4 Å². The molecule has 0 radical (unpaired) electrons. The van der Waals surface area contributed by atoms with Crippen LogP contribution < -0.4 is 5.73 Å². The molecule has 0 bridgehead atoms. The first kappa shape index (κ1) is 14.4. The molecule has 1 aromatic heterocycles. The van der Waals surface area contributed by atoms with E-state index in [0.717, 1.165) is 15.5 Å². The maximum atomic E-state index is 6.31. The van der Waals surface area contributed by atoms with E-state index in [4.69, 9.17) is 17.3 Å². The Bertz CT molecular complexity index is 660. The van der Waals surface area contributed by atoms with E-state index in [1.54, 1.807) is 11.3 Å². The monoisotopic (exact) mass is 309 g/mol. The van der Waals surface area contributed by atoms with Crippen LogP contribution in [0.15, 0.2) is 54.6 Å². The minimum absolute atomic E-state index is 0. The second-order valence-electron chi connectivity index (χ2n) is 4.19. The first-order valence-electron chi connectivity index (χ1n) is 5.74. The lowest BCUT2D eigenvalue weighted by Crippen LogP contribution is -2.10. The van der Waals surface area contributed by atoms with E-state index in [1.165, 1.54) is 10.1 Å². The van der Waals surface area contributed by atoms with E-state index in [1.807, 2.05) is 36.4 Å². The number of hydrogen-bond donors (Lipinski definition) is 1. The van der Waals surface area contributed by atoms with Crippen LogP contribution >= 0.6 is 35.3 Å². The van der Waals surface area contributed by atoms with Crippen molar-refractivity contribution < 1.29 is 0 Å². The van der Waals surface area contributed by atoms with Crippen molar-refractivity contribution in [3.8, 4) is 0 Å². The Morgan fingerprint density at radius 3 is 2.42 bits per heavy atom. The molecule has 0 amide bonds. The third kappa shape index (κ3) is 2.77. The third-order valence-electron chi connectivity index (χ3n) is 2.99. The summed E-state index contributed by atoms with van der Waals surface area (Å²) < 4.78 is 1.26. The topological polar surface area (TPSA) is 26.0 Å². The molecule has 0 fully saturated rings. The third-order valence-corrected chi connectivity index (χ3v) is 4.53. The van der Waals surface area contributed by atoms with E-state index >= 15 is 0 Å². The number of fused-ring (bicyclic) bond motifs is 1. The highest BCUT2D eigenvalue weighted by molar-refractivity contribution is 7.19. The van der Waals surface area contributed by atoms with Crippen LogP contribution in [0.25, 0.3) is 10.1 Å².